The van der Waals surface area contributed by atoms with E-state index in [0.29, 0.717) is 10.7 Å². The third kappa shape index (κ3) is 4.73. The molecule has 0 bridgehead atoms. The van der Waals surface area contributed by atoms with Crippen molar-refractivity contribution in [2.24, 2.45) is 0 Å². The van der Waals surface area contributed by atoms with Gasteiger partial charge in [-0.3, -0.25) is 0 Å². The Morgan fingerprint density at radius 3 is 2.57 bits per heavy atom. The largest absolute Gasteiger partial charge is 0.418 e. The molecule has 142 valence electrons. The number of thiazole rings is 1. The fourth-order valence-electron chi connectivity index (χ4n) is 2.32. The molecule has 0 amide bonds. The molecule has 28 heavy (non-hydrogen) atoms. The molecule has 0 unspecified atom stereocenters. The molecule has 0 saturated heterocycles. The molecule has 0 atom stereocenters. The first-order valence-electron chi connectivity index (χ1n) is 7.73. The van der Waals surface area contributed by atoms with Crippen LogP contribution in [-0.2, 0) is 6.18 Å². The van der Waals surface area contributed by atoms with Crippen LogP contribution in [0.1, 0.15) is 10.6 Å². The van der Waals surface area contributed by atoms with Crippen LogP contribution in [0.25, 0.3) is 16.8 Å². The van der Waals surface area contributed by atoms with Gasteiger partial charge >= 0.3 is 6.18 Å². The van der Waals surface area contributed by atoms with E-state index in [-0.39, 0.29) is 16.3 Å². The van der Waals surface area contributed by atoms with Crippen LogP contribution in [0.2, 0.25) is 5.02 Å². The van der Waals surface area contributed by atoms with Crippen molar-refractivity contribution < 1.29 is 13.2 Å². The lowest BCUT2D eigenvalue weighted by molar-refractivity contribution is -0.136. The first-order valence-corrected chi connectivity index (χ1v) is 9.78. The first kappa shape index (κ1) is 20.4. The Labute approximate surface area is 176 Å². The van der Waals surface area contributed by atoms with Crippen molar-refractivity contribution in [3.05, 3.63) is 74.1 Å². The van der Waals surface area contributed by atoms with Crippen molar-refractivity contribution in [2.75, 3.05) is 5.32 Å². The molecule has 0 aliphatic heterocycles. The Kier molecular flexibility index (Phi) is 6.08. The van der Waals surface area contributed by atoms with Crippen LogP contribution in [0.5, 0.6) is 0 Å². The minimum atomic E-state index is -4.58. The number of hydrogen-bond acceptors (Lipinski definition) is 4. The second kappa shape index (κ2) is 8.35. The number of rotatable bonds is 4. The van der Waals surface area contributed by atoms with E-state index in [1.54, 1.807) is 5.38 Å². The van der Waals surface area contributed by atoms with E-state index in [4.69, 9.17) is 11.6 Å². The number of nitrogens with zero attached hydrogens (tertiary/aromatic N) is 2. The number of aromatic nitrogens is 1. The quantitative estimate of drug-likeness (QED) is 0.398. The minimum absolute atomic E-state index is 0.0265. The lowest BCUT2D eigenvalue weighted by Gasteiger charge is -2.13. The van der Waals surface area contributed by atoms with Gasteiger partial charge in [-0.25, -0.2) is 4.98 Å². The summed E-state index contributed by atoms with van der Waals surface area (Å²) in [4.78, 5) is 4.41. The highest BCUT2D eigenvalue weighted by Crippen LogP contribution is 2.37. The molecule has 9 heteroatoms. The number of alkyl halides is 3. The van der Waals surface area contributed by atoms with E-state index in [1.165, 1.54) is 29.7 Å². The Balaban J connectivity index is 1.88. The SMILES string of the molecule is N#C/C(=C/Nc1ccc(Cl)cc1C(F)(F)F)c1nc(-c2ccc(Br)cc2)cs1. The van der Waals surface area contributed by atoms with Crippen molar-refractivity contribution in [1.82, 2.24) is 4.98 Å². The van der Waals surface area contributed by atoms with Gasteiger partial charge in [0.2, 0.25) is 0 Å². The van der Waals surface area contributed by atoms with Gasteiger partial charge < -0.3 is 5.32 Å². The number of anilines is 1. The molecule has 0 saturated carbocycles. The molecule has 2 aromatic carbocycles. The molecular weight excluding hydrogens is 475 g/mol. The Morgan fingerprint density at radius 1 is 1.21 bits per heavy atom. The lowest BCUT2D eigenvalue weighted by atomic mass is 10.1. The fraction of sp³-hybridized carbons (Fsp3) is 0.0526. The smallest absolute Gasteiger partial charge is 0.360 e. The predicted molar refractivity (Wildman–Crippen MR) is 109 cm³/mol. The average Bonchev–Trinajstić information content (AvgIpc) is 3.13. The standard InChI is InChI=1S/C19H10BrClF3N3S/c20-13-3-1-11(2-4-13)17-10-28-18(27-17)12(8-25)9-26-16-6-5-14(21)7-15(16)19(22,23)24/h1-7,9-10,26H/b12-9-. The maximum absolute atomic E-state index is 13.2. The zero-order valence-corrected chi connectivity index (χ0v) is 17.0. The monoisotopic (exact) mass is 483 g/mol. The average molecular weight is 485 g/mol. The summed E-state index contributed by atoms with van der Waals surface area (Å²) in [5.74, 6) is 0. The zero-order valence-electron chi connectivity index (χ0n) is 13.9. The van der Waals surface area contributed by atoms with E-state index < -0.39 is 11.7 Å². The molecule has 3 nitrogen and oxygen atoms in total. The minimum Gasteiger partial charge on any atom is -0.360 e. The van der Waals surface area contributed by atoms with Gasteiger partial charge in [-0.2, -0.15) is 18.4 Å². The van der Waals surface area contributed by atoms with Gasteiger partial charge in [0.05, 0.1) is 16.9 Å². The predicted octanol–water partition coefficient (Wildman–Crippen LogP) is 7.22. The van der Waals surface area contributed by atoms with Crippen LogP contribution >= 0.6 is 38.9 Å². The summed E-state index contributed by atoms with van der Waals surface area (Å²) in [5.41, 5.74) is 0.554. The highest BCUT2D eigenvalue weighted by molar-refractivity contribution is 9.10. The molecule has 3 rings (SSSR count). The second-order valence-corrected chi connectivity index (χ2v) is 7.76. The summed E-state index contributed by atoms with van der Waals surface area (Å²) >= 11 is 10.3. The second-order valence-electron chi connectivity index (χ2n) is 5.55. The molecule has 3 aromatic rings. The molecule has 0 aliphatic carbocycles. The first-order chi connectivity index (χ1) is 13.3. The summed E-state index contributed by atoms with van der Waals surface area (Å²) in [7, 11) is 0. The van der Waals surface area contributed by atoms with Crippen molar-refractivity contribution in [3.8, 4) is 17.3 Å². The van der Waals surface area contributed by atoms with Gasteiger partial charge in [0.25, 0.3) is 0 Å². The summed E-state index contributed by atoms with van der Waals surface area (Å²) in [5, 5.41) is 14.1. The molecular formula is C19H10BrClF3N3S. The van der Waals surface area contributed by atoms with E-state index in [9.17, 15) is 18.4 Å². The van der Waals surface area contributed by atoms with Crippen LogP contribution in [0, 0.1) is 11.3 Å². The Bertz CT molecular complexity index is 1070. The number of benzene rings is 2. The van der Waals surface area contributed by atoms with Crippen molar-refractivity contribution in [2.45, 2.75) is 6.18 Å². The van der Waals surface area contributed by atoms with E-state index >= 15 is 0 Å². The van der Waals surface area contributed by atoms with E-state index in [0.717, 1.165) is 16.1 Å². The van der Waals surface area contributed by atoms with Gasteiger partial charge in [-0.05, 0) is 30.3 Å². The molecule has 0 spiro atoms. The van der Waals surface area contributed by atoms with E-state index in [1.807, 2.05) is 30.3 Å². The molecule has 1 N–H and O–H groups in total. The molecule has 0 aliphatic rings. The number of halogens is 5. The van der Waals surface area contributed by atoms with Crippen LogP contribution in [0.4, 0.5) is 18.9 Å². The maximum atomic E-state index is 13.2. The number of hydrogen-bond donors (Lipinski definition) is 1. The van der Waals surface area contributed by atoms with Crippen molar-refractivity contribution >= 4 is 50.1 Å². The summed E-state index contributed by atoms with van der Waals surface area (Å²) in [6.07, 6.45) is -3.37. The fourth-order valence-corrected chi connectivity index (χ4v) is 3.55. The van der Waals surface area contributed by atoms with Gasteiger partial charge in [0.15, 0.2) is 0 Å². The third-order valence-corrected chi connectivity index (χ3v) is 5.29. The van der Waals surface area contributed by atoms with Gasteiger partial charge in [-0.1, -0.05) is 39.7 Å². The van der Waals surface area contributed by atoms with Crippen molar-refractivity contribution in [1.29, 1.82) is 5.26 Å². The topological polar surface area (TPSA) is 48.7 Å². The summed E-state index contributed by atoms with van der Waals surface area (Å²) < 4.78 is 40.5. The number of allylic oxidation sites excluding steroid dienone is 1. The molecule has 1 aromatic heterocycles. The van der Waals surface area contributed by atoms with Gasteiger partial charge in [0, 0.05) is 26.6 Å². The van der Waals surface area contributed by atoms with Crippen LogP contribution in [0.3, 0.4) is 0 Å². The maximum Gasteiger partial charge on any atom is 0.418 e. The zero-order chi connectivity index (χ0) is 20.3. The summed E-state index contributed by atoms with van der Waals surface area (Å²) in [6, 6.07) is 12.8. The normalized spacial score (nSPS) is 11.9. The molecule has 0 radical (unpaired) electrons. The highest BCUT2D eigenvalue weighted by atomic mass is 79.9. The van der Waals surface area contributed by atoms with Gasteiger partial charge in [0.1, 0.15) is 16.6 Å². The van der Waals surface area contributed by atoms with Gasteiger partial charge in [-0.15, -0.1) is 11.3 Å². The van der Waals surface area contributed by atoms with Crippen molar-refractivity contribution in [3.63, 3.8) is 0 Å². The number of nitrogens with one attached hydrogen (secondary N) is 1. The lowest BCUT2D eigenvalue weighted by Crippen LogP contribution is -2.08. The molecule has 0 fully saturated rings. The van der Waals surface area contributed by atoms with E-state index in [2.05, 4.69) is 26.2 Å². The third-order valence-electron chi connectivity index (χ3n) is 3.65. The Hall–Kier alpha value is -2.34. The summed E-state index contributed by atoms with van der Waals surface area (Å²) in [6.45, 7) is 0. The number of nitriles is 1. The highest BCUT2D eigenvalue weighted by Gasteiger charge is 2.33. The van der Waals surface area contributed by atoms with Crippen LogP contribution < -0.4 is 5.32 Å². The van der Waals surface area contributed by atoms with Crippen LogP contribution in [0.15, 0.2) is 58.5 Å². The molecule has 1 heterocycles. The Morgan fingerprint density at radius 2 is 1.93 bits per heavy atom. The van der Waals surface area contributed by atoms with Crippen LogP contribution in [-0.4, -0.2) is 4.98 Å².